The van der Waals surface area contributed by atoms with E-state index in [1.807, 2.05) is 18.2 Å². The van der Waals surface area contributed by atoms with Crippen LogP contribution in [0.5, 0.6) is 0 Å². The lowest BCUT2D eigenvalue weighted by atomic mass is 10.1. The second-order valence-corrected chi connectivity index (χ2v) is 9.28. The van der Waals surface area contributed by atoms with Crippen LogP contribution in [0.3, 0.4) is 0 Å². The first-order valence-corrected chi connectivity index (χ1v) is 12.5. The van der Waals surface area contributed by atoms with Gasteiger partial charge in [-0.3, -0.25) is 4.99 Å². The number of hydrogen-bond donors (Lipinski definition) is 3. The van der Waals surface area contributed by atoms with Gasteiger partial charge in [-0.1, -0.05) is 18.2 Å². The van der Waals surface area contributed by atoms with Gasteiger partial charge < -0.3 is 20.3 Å². The second kappa shape index (κ2) is 13.5. The number of para-hydroxylation sites is 1. The van der Waals surface area contributed by atoms with Gasteiger partial charge in [0, 0.05) is 52.1 Å². The lowest BCUT2D eigenvalue weighted by Crippen LogP contribution is -2.43. The number of benzene rings is 1. The fraction of sp³-hybridized carbons (Fsp3) is 0.667. The minimum atomic E-state index is -3.34. The zero-order valence-electron chi connectivity index (χ0n) is 18.3. The third-order valence-electron chi connectivity index (χ3n) is 5.09. The fourth-order valence-corrected chi connectivity index (χ4v) is 4.33. The molecule has 1 saturated heterocycles. The maximum Gasteiger partial charge on any atom is 0.213 e. The van der Waals surface area contributed by atoms with Crippen LogP contribution in [0, 0.1) is 0 Å². The molecule has 1 aliphatic rings. The first-order valence-electron chi connectivity index (χ1n) is 10.9. The molecule has 1 atom stereocenters. The highest BCUT2D eigenvalue weighted by Crippen LogP contribution is 2.13. The van der Waals surface area contributed by atoms with Crippen molar-refractivity contribution in [1.82, 2.24) is 15.4 Å². The van der Waals surface area contributed by atoms with Crippen LogP contribution < -0.4 is 20.3 Å². The predicted octanol–water partition coefficient (Wildman–Crippen LogP) is 1.56. The van der Waals surface area contributed by atoms with E-state index < -0.39 is 10.0 Å². The van der Waals surface area contributed by atoms with Crippen LogP contribution in [0.2, 0.25) is 0 Å². The molecule has 3 N–H and O–H groups in total. The number of guanidine groups is 1. The molecule has 0 amide bonds. The van der Waals surface area contributed by atoms with Crippen molar-refractivity contribution in [2.24, 2.45) is 4.99 Å². The number of sulfonamides is 1. The first kappa shape index (κ1) is 24.4. The fourth-order valence-electron chi connectivity index (χ4n) is 3.37. The number of anilines is 1. The van der Waals surface area contributed by atoms with Crippen LogP contribution in [-0.2, 0) is 14.8 Å². The van der Waals surface area contributed by atoms with E-state index in [1.165, 1.54) is 5.69 Å². The monoisotopic (exact) mass is 439 g/mol. The van der Waals surface area contributed by atoms with Gasteiger partial charge >= 0.3 is 0 Å². The Morgan fingerprint density at radius 1 is 1.20 bits per heavy atom. The van der Waals surface area contributed by atoms with E-state index in [9.17, 15) is 8.42 Å². The Bertz CT molecular complexity index is 721. The minimum Gasteiger partial charge on any atom is -0.377 e. The Labute approximate surface area is 181 Å². The maximum atomic E-state index is 12.2. The summed E-state index contributed by atoms with van der Waals surface area (Å²) in [6.45, 7) is 6.16. The number of nitrogens with zero attached hydrogens (tertiary/aromatic N) is 2. The van der Waals surface area contributed by atoms with Crippen LogP contribution in [0.25, 0.3) is 0 Å². The lowest BCUT2D eigenvalue weighted by Gasteiger charge is -2.23. The molecule has 170 valence electrons. The van der Waals surface area contributed by atoms with Crippen molar-refractivity contribution in [3.05, 3.63) is 30.3 Å². The van der Waals surface area contributed by atoms with E-state index in [1.54, 1.807) is 7.05 Å². The Hall–Kier alpha value is -1.84. The van der Waals surface area contributed by atoms with Gasteiger partial charge in [-0.2, -0.15) is 0 Å². The van der Waals surface area contributed by atoms with Gasteiger partial charge in [0.2, 0.25) is 10.0 Å². The van der Waals surface area contributed by atoms with Gasteiger partial charge in [-0.25, -0.2) is 13.1 Å². The standard InChI is InChI=1S/C21H37N5O3S/c1-3-26(19-10-5-4-6-11-19)15-9-13-23-21(22-2)24-14-17-30(27,28)25-18-20-12-7-8-16-29-20/h4-6,10-11,20,25H,3,7-9,12-18H2,1-2H3,(H2,22,23,24). The summed E-state index contributed by atoms with van der Waals surface area (Å²) < 4.78 is 32.6. The predicted molar refractivity (Wildman–Crippen MR) is 124 cm³/mol. The quantitative estimate of drug-likeness (QED) is 0.260. The third kappa shape index (κ3) is 9.32. The summed E-state index contributed by atoms with van der Waals surface area (Å²) in [6.07, 6.45) is 4.01. The van der Waals surface area contributed by atoms with Gasteiger partial charge in [-0.05, 0) is 44.7 Å². The van der Waals surface area contributed by atoms with Crippen molar-refractivity contribution < 1.29 is 13.2 Å². The summed E-state index contributed by atoms with van der Waals surface area (Å²) in [4.78, 5) is 6.49. The van der Waals surface area contributed by atoms with Gasteiger partial charge in [0.1, 0.15) is 0 Å². The number of aliphatic imine (C=N–C) groups is 1. The molecule has 30 heavy (non-hydrogen) atoms. The van der Waals surface area contributed by atoms with Crippen LogP contribution >= 0.6 is 0 Å². The Morgan fingerprint density at radius 2 is 1.97 bits per heavy atom. The molecule has 0 radical (unpaired) electrons. The van der Waals surface area contributed by atoms with Crippen LogP contribution in [0.1, 0.15) is 32.6 Å². The van der Waals surface area contributed by atoms with Crippen LogP contribution in [0.15, 0.2) is 35.3 Å². The number of rotatable bonds is 12. The molecule has 1 unspecified atom stereocenters. The molecular weight excluding hydrogens is 402 g/mol. The highest BCUT2D eigenvalue weighted by molar-refractivity contribution is 7.89. The maximum absolute atomic E-state index is 12.2. The summed E-state index contributed by atoms with van der Waals surface area (Å²) >= 11 is 0. The second-order valence-electron chi connectivity index (χ2n) is 7.35. The van der Waals surface area contributed by atoms with E-state index in [-0.39, 0.29) is 11.9 Å². The molecule has 1 aromatic carbocycles. The normalized spacial score (nSPS) is 17.5. The largest absolute Gasteiger partial charge is 0.377 e. The molecular formula is C21H37N5O3S. The Balaban J connectivity index is 1.62. The van der Waals surface area contributed by atoms with E-state index in [0.29, 0.717) is 19.0 Å². The van der Waals surface area contributed by atoms with Gasteiger partial charge in [0.25, 0.3) is 0 Å². The third-order valence-corrected chi connectivity index (χ3v) is 6.44. The average molecular weight is 440 g/mol. The molecule has 0 bridgehead atoms. The van der Waals surface area contributed by atoms with Crippen LogP contribution in [0.4, 0.5) is 5.69 Å². The van der Waals surface area contributed by atoms with Crippen molar-refractivity contribution in [3.8, 4) is 0 Å². The van der Waals surface area contributed by atoms with Gasteiger partial charge in [0.15, 0.2) is 5.96 Å². The lowest BCUT2D eigenvalue weighted by molar-refractivity contribution is 0.0200. The molecule has 2 rings (SSSR count). The van der Waals surface area contributed by atoms with E-state index in [0.717, 1.165) is 51.9 Å². The average Bonchev–Trinajstić information content (AvgIpc) is 2.78. The van der Waals surface area contributed by atoms with Gasteiger partial charge in [-0.15, -0.1) is 0 Å². The minimum absolute atomic E-state index is 0.00194. The SMILES string of the molecule is CCN(CCCNC(=NC)NCCS(=O)(=O)NCC1CCCCO1)c1ccccc1. The molecule has 8 nitrogen and oxygen atoms in total. The van der Waals surface area contributed by atoms with E-state index in [2.05, 4.69) is 44.3 Å². The zero-order chi connectivity index (χ0) is 21.7. The molecule has 1 aromatic rings. The summed E-state index contributed by atoms with van der Waals surface area (Å²) in [6, 6.07) is 10.4. The summed E-state index contributed by atoms with van der Waals surface area (Å²) in [5, 5.41) is 6.32. The Morgan fingerprint density at radius 3 is 2.63 bits per heavy atom. The number of nitrogens with one attached hydrogen (secondary N) is 3. The molecule has 0 aliphatic carbocycles. The smallest absolute Gasteiger partial charge is 0.213 e. The molecule has 0 aromatic heterocycles. The summed E-state index contributed by atoms with van der Waals surface area (Å²) in [5.41, 5.74) is 1.22. The summed E-state index contributed by atoms with van der Waals surface area (Å²) in [7, 11) is -1.65. The van der Waals surface area contributed by atoms with Crippen molar-refractivity contribution in [2.75, 3.05) is 57.0 Å². The van der Waals surface area contributed by atoms with E-state index >= 15 is 0 Å². The highest BCUT2D eigenvalue weighted by Gasteiger charge is 2.17. The number of ether oxygens (including phenoxy) is 1. The number of hydrogen-bond acceptors (Lipinski definition) is 5. The van der Waals surface area contributed by atoms with Crippen molar-refractivity contribution in [3.63, 3.8) is 0 Å². The highest BCUT2D eigenvalue weighted by atomic mass is 32.2. The molecule has 1 aliphatic heterocycles. The molecule has 0 spiro atoms. The first-order chi connectivity index (χ1) is 14.5. The topological polar surface area (TPSA) is 95.1 Å². The molecule has 1 heterocycles. The zero-order valence-corrected chi connectivity index (χ0v) is 19.1. The van der Waals surface area contributed by atoms with Crippen molar-refractivity contribution in [2.45, 2.75) is 38.7 Å². The van der Waals surface area contributed by atoms with Crippen molar-refractivity contribution in [1.29, 1.82) is 0 Å². The molecule has 0 saturated carbocycles. The van der Waals surface area contributed by atoms with Crippen molar-refractivity contribution >= 4 is 21.7 Å². The van der Waals surface area contributed by atoms with Crippen LogP contribution in [-0.4, -0.2) is 72.6 Å². The molecule has 1 fully saturated rings. The van der Waals surface area contributed by atoms with Gasteiger partial charge in [0.05, 0.1) is 11.9 Å². The van der Waals surface area contributed by atoms with E-state index in [4.69, 9.17) is 4.74 Å². The Kier molecular flexibility index (Phi) is 11.0. The molecule has 9 heteroatoms. The summed E-state index contributed by atoms with van der Waals surface area (Å²) in [5.74, 6) is 0.612.